The second kappa shape index (κ2) is 6.61. The second-order valence-corrected chi connectivity index (χ2v) is 5.88. The maximum atomic E-state index is 5.76. The Hall–Kier alpha value is -0.0800. The van der Waals surface area contributed by atoms with E-state index in [1.165, 1.54) is 51.5 Å². The first-order valence-electron chi connectivity index (χ1n) is 7.08. The maximum Gasteiger partial charge on any atom is 0.0179 e. The fourth-order valence-corrected chi connectivity index (χ4v) is 2.54. The smallest absolute Gasteiger partial charge is 0.0179 e. The largest absolute Gasteiger partial charge is 0.328 e. The molecule has 96 valence electrons. The third-order valence-electron chi connectivity index (χ3n) is 4.17. The zero-order valence-electron chi connectivity index (χ0n) is 11.4. The van der Waals surface area contributed by atoms with E-state index >= 15 is 0 Å². The number of hydrogen-bond donors (Lipinski definition) is 2. The van der Waals surface area contributed by atoms with Gasteiger partial charge in [0.15, 0.2) is 0 Å². The van der Waals surface area contributed by atoms with E-state index < -0.39 is 0 Å². The average Bonchev–Trinajstić information content (AvgIpc) is 2.16. The summed E-state index contributed by atoms with van der Waals surface area (Å²) in [5.74, 6) is 0.794. The molecule has 1 aliphatic carbocycles. The highest BCUT2D eigenvalue weighted by Crippen LogP contribution is 2.34. The first-order valence-corrected chi connectivity index (χ1v) is 7.08. The maximum absolute atomic E-state index is 5.76. The molecule has 0 bridgehead atoms. The van der Waals surface area contributed by atoms with E-state index in [4.69, 9.17) is 5.73 Å². The lowest BCUT2D eigenvalue weighted by atomic mass is 9.74. The van der Waals surface area contributed by atoms with Gasteiger partial charge in [-0.2, -0.15) is 0 Å². The normalized spacial score (nSPS) is 22.5. The molecule has 0 aromatic heterocycles. The Morgan fingerprint density at radius 2 is 1.94 bits per heavy atom. The molecule has 0 spiro atoms. The Morgan fingerprint density at radius 3 is 2.38 bits per heavy atom. The van der Waals surface area contributed by atoms with E-state index in [1.807, 2.05) is 0 Å². The van der Waals surface area contributed by atoms with Gasteiger partial charge in [0.05, 0.1) is 0 Å². The van der Waals surface area contributed by atoms with Crippen LogP contribution in [0.3, 0.4) is 0 Å². The summed E-state index contributed by atoms with van der Waals surface area (Å²) >= 11 is 0. The standard InChI is InChI=1S/C14H30N2/c1-4-14(9-6-10-14)16-11-12(2)7-5-8-13(3)15/h12-13,16H,4-11,15H2,1-3H3. The molecule has 2 atom stereocenters. The van der Waals surface area contributed by atoms with Crippen molar-refractivity contribution in [3.8, 4) is 0 Å². The van der Waals surface area contributed by atoms with Gasteiger partial charge in [-0.1, -0.05) is 20.3 Å². The van der Waals surface area contributed by atoms with Crippen LogP contribution in [0.1, 0.15) is 65.7 Å². The molecule has 0 aliphatic heterocycles. The summed E-state index contributed by atoms with van der Waals surface area (Å²) in [4.78, 5) is 0. The summed E-state index contributed by atoms with van der Waals surface area (Å²) in [6, 6.07) is 0.369. The topological polar surface area (TPSA) is 38.0 Å². The summed E-state index contributed by atoms with van der Waals surface area (Å²) in [6.45, 7) is 7.96. The van der Waals surface area contributed by atoms with Gasteiger partial charge in [0.25, 0.3) is 0 Å². The molecule has 0 amide bonds. The molecule has 0 heterocycles. The van der Waals surface area contributed by atoms with Crippen molar-refractivity contribution in [3.63, 3.8) is 0 Å². The highest BCUT2D eigenvalue weighted by molar-refractivity contribution is 4.94. The average molecular weight is 226 g/mol. The molecule has 0 aromatic carbocycles. The lowest BCUT2D eigenvalue weighted by Gasteiger charge is -2.43. The van der Waals surface area contributed by atoms with Crippen molar-refractivity contribution in [1.29, 1.82) is 0 Å². The van der Waals surface area contributed by atoms with Crippen molar-refractivity contribution in [2.45, 2.75) is 77.3 Å². The molecule has 1 rings (SSSR count). The van der Waals surface area contributed by atoms with Gasteiger partial charge in [-0.3, -0.25) is 0 Å². The third kappa shape index (κ3) is 4.42. The molecular formula is C14H30N2. The minimum atomic E-state index is 0.369. The van der Waals surface area contributed by atoms with Crippen molar-refractivity contribution in [1.82, 2.24) is 5.32 Å². The Labute approximate surface area is 101 Å². The molecule has 0 radical (unpaired) electrons. The van der Waals surface area contributed by atoms with Crippen molar-refractivity contribution in [2.24, 2.45) is 11.7 Å². The summed E-state index contributed by atoms with van der Waals surface area (Å²) in [7, 11) is 0. The zero-order valence-corrected chi connectivity index (χ0v) is 11.4. The predicted octanol–water partition coefficient (Wildman–Crippen LogP) is 3.06. The van der Waals surface area contributed by atoms with E-state index in [9.17, 15) is 0 Å². The Morgan fingerprint density at radius 1 is 1.25 bits per heavy atom. The van der Waals surface area contributed by atoms with Gasteiger partial charge in [-0.15, -0.1) is 0 Å². The van der Waals surface area contributed by atoms with Gasteiger partial charge in [0, 0.05) is 11.6 Å². The van der Waals surface area contributed by atoms with E-state index in [0.717, 1.165) is 5.92 Å². The third-order valence-corrected chi connectivity index (χ3v) is 4.17. The SMILES string of the molecule is CCC1(NCC(C)CCCC(C)N)CCC1. The minimum Gasteiger partial charge on any atom is -0.328 e. The highest BCUT2D eigenvalue weighted by atomic mass is 15.0. The minimum absolute atomic E-state index is 0.369. The van der Waals surface area contributed by atoms with E-state index in [-0.39, 0.29) is 0 Å². The first-order chi connectivity index (χ1) is 7.58. The molecule has 2 nitrogen and oxygen atoms in total. The van der Waals surface area contributed by atoms with E-state index in [1.54, 1.807) is 0 Å². The van der Waals surface area contributed by atoms with Crippen LogP contribution in [0.25, 0.3) is 0 Å². The Bertz CT molecular complexity index is 180. The number of nitrogens with one attached hydrogen (secondary N) is 1. The second-order valence-electron chi connectivity index (χ2n) is 5.88. The van der Waals surface area contributed by atoms with Crippen LogP contribution in [0.4, 0.5) is 0 Å². The van der Waals surface area contributed by atoms with Crippen LogP contribution in [-0.4, -0.2) is 18.1 Å². The highest BCUT2D eigenvalue weighted by Gasteiger charge is 2.34. The molecule has 16 heavy (non-hydrogen) atoms. The van der Waals surface area contributed by atoms with Crippen molar-refractivity contribution < 1.29 is 0 Å². The van der Waals surface area contributed by atoms with Crippen LogP contribution in [0.5, 0.6) is 0 Å². The molecule has 0 saturated heterocycles. The van der Waals surface area contributed by atoms with Crippen LogP contribution in [0.15, 0.2) is 0 Å². The van der Waals surface area contributed by atoms with Gasteiger partial charge in [-0.05, 0) is 57.9 Å². The summed E-state index contributed by atoms with van der Waals surface area (Å²) in [5, 5.41) is 3.79. The van der Waals surface area contributed by atoms with Crippen molar-refractivity contribution in [3.05, 3.63) is 0 Å². The number of nitrogens with two attached hydrogens (primary N) is 1. The lowest BCUT2D eigenvalue weighted by Crippen LogP contribution is -2.51. The van der Waals surface area contributed by atoms with Crippen LogP contribution in [0, 0.1) is 5.92 Å². The molecule has 2 heteroatoms. The number of rotatable bonds is 8. The van der Waals surface area contributed by atoms with Crippen molar-refractivity contribution in [2.75, 3.05) is 6.54 Å². The lowest BCUT2D eigenvalue weighted by molar-refractivity contribution is 0.168. The summed E-state index contributed by atoms with van der Waals surface area (Å²) < 4.78 is 0. The van der Waals surface area contributed by atoms with E-state index in [0.29, 0.717) is 11.6 Å². The first kappa shape index (κ1) is 14.0. The molecule has 1 saturated carbocycles. The Balaban J connectivity index is 2.07. The van der Waals surface area contributed by atoms with Gasteiger partial charge in [0.1, 0.15) is 0 Å². The molecule has 3 N–H and O–H groups in total. The monoisotopic (exact) mass is 226 g/mol. The molecule has 0 aromatic rings. The van der Waals surface area contributed by atoms with Gasteiger partial charge >= 0.3 is 0 Å². The van der Waals surface area contributed by atoms with Gasteiger partial charge in [-0.25, -0.2) is 0 Å². The van der Waals surface area contributed by atoms with Crippen LogP contribution >= 0.6 is 0 Å². The Kier molecular flexibility index (Phi) is 5.77. The molecule has 2 unspecified atom stereocenters. The van der Waals surface area contributed by atoms with Gasteiger partial charge < -0.3 is 11.1 Å². The van der Waals surface area contributed by atoms with Crippen LogP contribution in [0.2, 0.25) is 0 Å². The summed E-state index contributed by atoms with van der Waals surface area (Å²) in [6.07, 6.45) is 9.24. The molecule has 1 fully saturated rings. The van der Waals surface area contributed by atoms with E-state index in [2.05, 4.69) is 26.1 Å². The number of hydrogen-bond acceptors (Lipinski definition) is 2. The molecule has 1 aliphatic rings. The predicted molar refractivity (Wildman–Crippen MR) is 71.5 cm³/mol. The fourth-order valence-electron chi connectivity index (χ4n) is 2.54. The summed E-state index contributed by atoms with van der Waals surface area (Å²) in [5.41, 5.74) is 6.27. The molecular weight excluding hydrogens is 196 g/mol. The van der Waals surface area contributed by atoms with Crippen LogP contribution in [-0.2, 0) is 0 Å². The zero-order chi connectivity index (χ0) is 12.0. The quantitative estimate of drug-likeness (QED) is 0.667. The van der Waals surface area contributed by atoms with Crippen LogP contribution < -0.4 is 11.1 Å². The van der Waals surface area contributed by atoms with Gasteiger partial charge in [0.2, 0.25) is 0 Å². The fraction of sp³-hybridized carbons (Fsp3) is 1.00. The van der Waals surface area contributed by atoms with Crippen molar-refractivity contribution >= 4 is 0 Å².